The molecule has 2 aromatic rings. The smallest absolute Gasteiger partial charge is 0.413 e. The molecule has 0 bridgehead atoms. The van der Waals surface area contributed by atoms with Crippen LogP contribution in [0.15, 0.2) is 48.7 Å². The third kappa shape index (κ3) is 11.8. The van der Waals surface area contributed by atoms with Gasteiger partial charge >= 0.3 is 12.2 Å². The first kappa shape index (κ1) is 39.3. The molecule has 0 saturated carbocycles. The average Bonchev–Trinajstić information content (AvgIpc) is 3.05. The molecule has 3 heterocycles. The minimum atomic E-state index is -2.05. The van der Waals surface area contributed by atoms with E-state index in [1.807, 2.05) is 30.3 Å². The van der Waals surface area contributed by atoms with Crippen LogP contribution in [-0.4, -0.2) is 86.5 Å². The van der Waals surface area contributed by atoms with Gasteiger partial charge in [0.15, 0.2) is 8.32 Å². The highest BCUT2D eigenvalue weighted by atomic mass is 28.4. The van der Waals surface area contributed by atoms with E-state index < -0.39 is 38.3 Å². The van der Waals surface area contributed by atoms with Gasteiger partial charge in [-0.2, -0.15) is 0 Å². The van der Waals surface area contributed by atoms with E-state index in [2.05, 4.69) is 49.5 Å². The molecule has 50 heavy (non-hydrogen) atoms. The molecule has 2 saturated heterocycles. The molecule has 1 aromatic carbocycles. The lowest BCUT2D eigenvalue weighted by Gasteiger charge is -2.41. The van der Waals surface area contributed by atoms with Gasteiger partial charge in [-0.3, -0.25) is 10.1 Å². The number of nitrogens with one attached hydrogen (secondary N) is 2. The fourth-order valence-electron chi connectivity index (χ4n) is 5.46. The molecule has 276 valence electrons. The van der Waals surface area contributed by atoms with Gasteiger partial charge in [0.2, 0.25) is 5.91 Å². The standard InChI is InChI=1S/C37H56N4O8Si/c1-36(2,3)49-34(43)40-31-15-14-27(22-38-31)23-39-33(42)28-16-19-41(20-17-28)35(44)48-29-18-21-45-30(25-47-50(7,8)37(4,5)6)32(29)46-24-26-12-10-9-11-13-26/h9-15,22,28-30,32H,16-21,23-25H2,1-8H3,(H,39,42)(H,38,40,43)/t29-,30-,32+/m1/s1. The second-order valence-electron chi connectivity index (χ2n) is 15.6. The van der Waals surface area contributed by atoms with E-state index in [1.54, 1.807) is 44.0 Å². The number of carbonyl (C=O) groups is 3. The number of pyridine rings is 1. The number of nitrogens with zero attached hydrogens (tertiary/aromatic N) is 2. The van der Waals surface area contributed by atoms with Gasteiger partial charge in [0.25, 0.3) is 0 Å². The number of ether oxygens (including phenoxy) is 4. The molecule has 1 aromatic heterocycles. The minimum absolute atomic E-state index is 0.0436. The van der Waals surface area contributed by atoms with Crippen LogP contribution < -0.4 is 10.6 Å². The largest absolute Gasteiger partial charge is 0.444 e. The van der Waals surface area contributed by atoms with E-state index in [1.165, 1.54) is 0 Å². The van der Waals surface area contributed by atoms with Crippen molar-refractivity contribution in [1.82, 2.24) is 15.2 Å². The summed E-state index contributed by atoms with van der Waals surface area (Å²) in [4.78, 5) is 44.3. The van der Waals surface area contributed by atoms with E-state index in [-0.39, 0.29) is 23.0 Å². The first-order valence-electron chi connectivity index (χ1n) is 17.6. The molecule has 3 atom stereocenters. The first-order chi connectivity index (χ1) is 23.5. The van der Waals surface area contributed by atoms with Crippen LogP contribution in [0.3, 0.4) is 0 Å². The predicted octanol–water partition coefficient (Wildman–Crippen LogP) is 6.66. The van der Waals surface area contributed by atoms with Crippen molar-refractivity contribution in [2.24, 2.45) is 5.92 Å². The van der Waals surface area contributed by atoms with Crippen molar-refractivity contribution >= 4 is 32.2 Å². The number of benzene rings is 1. The van der Waals surface area contributed by atoms with Gasteiger partial charge in [0.05, 0.1) is 19.8 Å². The summed E-state index contributed by atoms with van der Waals surface area (Å²) in [5.41, 5.74) is 1.21. The molecular weight excluding hydrogens is 657 g/mol. The average molecular weight is 713 g/mol. The fourth-order valence-corrected chi connectivity index (χ4v) is 6.48. The molecule has 12 nitrogen and oxygen atoms in total. The Morgan fingerprint density at radius 3 is 2.28 bits per heavy atom. The fraction of sp³-hybridized carbons (Fsp3) is 0.622. The Bertz CT molecular complexity index is 1400. The Balaban J connectivity index is 1.27. The number of amides is 3. The summed E-state index contributed by atoms with van der Waals surface area (Å²) in [6.07, 6.45) is 0.842. The van der Waals surface area contributed by atoms with Crippen molar-refractivity contribution in [3.63, 3.8) is 0 Å². The van der Waals surface area contributed by atoms with Crippen molar-refractivity contribution in [3.05, 3.63) is 59.8 Å². The lowest BCUT2D eigenvalue weighted by atomic mass is 9.96. The van der Waals surface area contributed by atoms with Crippen LogP contribution in [0.25, 0.3) is 0 Å². The summed E-state index contributed by atoms with van der Waals surface area (Å²) in [6.45, 7) is 18.7. The first-order valence-corrected chi connectivity index (χ1v) is 20.5. The Morgan fingerprint density at radius 1 is 0.960 bits per heavy atom. The molecule has 13 heteroatoms. The van der Waals surface area contributed by atoms with Crippen molar-refractivity contribution < 1.29 is 37.8 Å². The monoisotopic (exact) mass is 712 g/mol. The number of piperidine rings is 1. The molecule has 2 aliphatic rings. The van der Waals surface area contributed by atoms with Crippen LogP contribution in [0.5, 0.6) is 0 Å². The molecule has 0 radical (unpaired) electrons. The van der Waals surface area contributed by atoms with E-state index in [0.717, 1.165) is 11.1 Å². The number of hydrogen-bond donors (Lipinski definition) is 2. The van der Waals surface area contributed by atoms with Gasteiger partial charge in [0, 0.05) is 38.2 Å². The molecule has 3 amide bonds. The van der Waals surface area contributed by atoms with Crippen molar-refractivity contribution in [3.8, 4) is 0 Å². The van der Waals surface area contributed by atoms with Gasteiger partial charge in [-0.15, -0.1) is 0 Å². The third-order valence-corrected chi connectivity index (χ3v) is 14.0. The maximum atomic E-state index is 13.4. The zero-order valence-corrected chi connectivity index (χ0v) is 32.0. The number of aromatic nitrogens is 1. The van der Waals surface area contributed by atoms with Gasteiger partial charge < -0.3 is 33.6 Å². The zero-order valence-electron chi connectivity index (χ0n) is 31.0. The highest BCUT2D eigenvalue weighted by Crippen LogP contribution is 2.37. The van der Waals surface area contributed by atoms with E-state index in [9.17, 15) is 14.4 Å². The summed E-state index contributed by atoms with van der Waals surface area (Å²) >= 11 is 0. The van der Waals surface area contributed by atoms with E-state index >= 15 is 0 Å². The molecule has 0 unspecified atom stereocenters. The second-order valence-corrected chi connectivity index (χ2v) is 20.4. The van der Waals surface area contributed by atoms with Gasteiger partial charge in [0.1, 0.15) is 29.7 Å². The lowest BCUT2D eigenvalue weighted by Crippen LogP contribution is -2.53. The van der Waals surface area contributed by atoms with Gasteiger partial charge in [-0.05, 0) is 68.9 Å². The molecule has 0 spiro atoms. The number of likely N-dealkylation sites (tertiary alicyclic amines) is 1. The topological polar surface area (TPSA) is 138 Å². The van der Waals surface area contributed by atoms with Crippen LogP contribution in [0.2, 0.25) is 18.1 Å². The van der Waals surface area contributed by atoms with Crippen molar-refractivity contribution in [2.75, 3.05) is 31.6 Å². The normalized spacial score (nSPS) is 20.6. The molecule has 4 rings (SSSR count). The predicted molar refractivity (Wildman–Crippen MR) is 193 cm³/mol. The molecular formula is C37H56N4O8Si. The molecule has 2 aliphatic heterocycles. The van der Waals surface area contributed by atoms with Crippen molar-refractivity contribution in [2.45, 2.75) is 116 Å². The van der Waals surface area contributed by atoms with Gasteiger partial charge in [-0.25, -0.2) is 14.6 Å². The molecule has 2 N–H and O–H groups in total. The van der Waals surface area contributed by atoms with E-state index in [0.29, 0.717) is 64.5 Å². The summed E-state index contributed by atoms with van der Waals surface area (Å²) in [5.74, 6) is 0.0674. The van der Waals surface area contributed by atoms with Crippen LogP contribution in [0.1, 0.15) is 71.9 Å². The molecule has 0 aliphatic carbocycles. The maximum absolute atomic E-state index is 13.4. The maximum Gasteiger partial charge on any atom is 0.413 e. The number of hydrogen-bond acceptors (Lipinski definition) is 9. The Kier molecular flexibility index (Phi) is 13.4. The Labute approximate surface area is 298 Å². The summed E-state index contributed by atoms with van der Waals surface area (Å²) < 4.78 is 30.5. The zero-order chi connectivity index (χ0) is 36.5. The molecule has 2 fully saturated rings. The van der Waals surface area contributed by atoms with E-state index in [4.69, 9.17) is 23.4 Å². The van der Waals surface area contributed by atoms with Crippen LogP contribution in [0, 0.1) is 5.92 Å². The van der Waals surface area contributed by atoms with Crippen LogP contribution >= 0.6 is 0 Å². The Morgan fingerprint density at radius 2 is 1.66 bits per heavy atom. The summed E-state index contributed by atoms with van der Waals surface area (Å²) in [6, 6.07) is 13.4. The Hall–Kier alpha value is -3.52. The quantitative estimate of drug-likeness (QED) is 0.245. The second kappa shape index (κ2) is 17.1. The van der Waals surface area contributed by atoms with Crippen molar-refractivity contribution in [1.29, 1.82) is 0 Å². The summed E-state index contributed by atoms with van der Waals surface area (Å²) in [5, 5.41) is 5.61. The van der Waals surface area contributed by atoms with Crippen LogP contribution in [-0.2, 0) is 41.3 Å². The number of anilines is 1. The van der Waals surface area contributed by atoms with Crippen LogP contribution in [0.4, 0.5) is 15.4 Å². The SMILES string of the molecule is CC(C)(C)OC(=O)Nc1ccc(CNC(=O)C2CCN(C(=O)O[C@@H]3CCO[C@H](CO[Si](C)(C)C(C)(C)C)[C@H]3OCc3ccccc3)CC2)cn1. The summed E-state index contributed by atoms with van der Waals surface area (Å²) in [7, 11) is -2.05. The van der Waals surface area contributed by atoms with Gasteiger partial charge in [-0.1, -0.05) is 57.2 Å². The third-order valence-electron chi connectivity index (χ3n) is 9.46. The number of rotatable bonds is 11. The lowest BCUT2D eigenvalue weighted by molar-refractivity contribution is -0.176. The minimum Gasteiger partial charge on any atom is -0.444 e. The highest BCUT2D eigenvalue weighted by molar-refractivity contribution is 6.74. The highest BCUT2D eigenvalue weighted by Gasteiger charge is 2.43. The number of carbonyl (C=O) groups excluding carboxylic acids is 3.